The van der Waals surface area contributed by atoms with Crippen LogP contribution in [0.5, 0.6) is 0 Å². The quantitative estimate of drug-likeness (QED) is 0.914. The number of halogens is 4. The van der Waals surface area contributed by atoms with Crippen molar-refractivity contribution in [3.05, 3.63) is 21.6 Å². The molecule has 118 valence electrons. The average Bonchev–Trinajstić information content (AvgIpc) is 2.84. The molecule has 0 aliphatic heterocycles. The number of nitrogens with zero attached hydrogens (tertiary/aromatic N) is 2. The molecule has 0 bridgehead atoms. The van der Waals surface area contributed by atoms with E-state index in [1.54, 1.807) is 11.8 Å². The van der Waals surface area contributed by atoms with Gasteiger partial charge in [0.25, 0.3) is 5.56 Å². The summed E-state index contributed by atoms with van der Waals surface area (Å²) in [5, 5.41) is 6.83. The second kappa shape index (κ2) is 6.48. The summed E-state index contributed by atoms with van der Waals surface area (Å²) in [6.45, 7) is -1.44. The summed E-state index contributed by atoms with van der Waals surface area (Å²) < 4.78 is 37.3. The number of hydrogen-bond donors (Lipinski definition) is 1. The topological polar surface area (TPSA) is 46.9 Å². The first-order valence-electron chi connectivity index (χ1n) is 6.43. The van der Waals surface area contributed by atoms with Crippen LogP contribution in [0.2, 0.25) is 5.02 Å². The number of thioether (sulfide) groups is 1. The van der Waals surface area contributed by atoms with E-state index in [2.05, 4.69) is 10.4 Å². The van der Waals surface area contributed by atoms with E-state index in [-0.39, 0.29) is 11.1 Å². The first kappa shape index (κ1) is 16.5. The van der Waals surface area contributed by atoms with Crippen LogP contribution in [0.1, 0.15) is 19.3 Å². The minimum Gasteiger partial charge on any atom is -0.379 e. The summed E-state index contributed by atoms with van der Waals surface area (Å²) >= 11 is 7.61. The molecular weight excluding hydrogens is 327 g/mol. The summed E-state index contributed by atoms with van der Waals surface area (Å²) in [6, 6.07) is 0.150. The molecule has 1 saturated carbocycles. The molecule has 1 aliphatic carbocycles. The summed E-state index contributed by atoms with van der Waals surface area (Å²) in [7, 11) is 0. The Bertz CT molecular complexity index is 564. The number of aromatic nitrogens is 2. The van der Waals surface area contributed by atoms with Gasteiger partial charge in [0.05, 0.1) is 11.9 Å². The van der Waals surface area contributed by atoms with Crippen molar-refractivity contribution in [1.29, 1.82) is 0 Å². The van der Waals surface area contributed by atoms with Gasteiger partial charge in [-0.25, -0.2) is 4.68 Å². The predicted molar refractivity (Wildman–Crippen MR) is 78.1 cm³/mol. The van der Waals surface area contributed by atoms with Gasteiger partial charge in [-0.1, -0.05) is 18.0 Å². The summed E-state index contributed by atoms with van der Waals surface area (Å²) in [6.07, 6.45) is 1.75. The molecule has 2 atom stereocenters. The van der Waals surface area contributed by atoms with Gasteiger partial charge in [-0.15, -0.1) is 0 Å². The smallest absolute Gasteiger partial charge is 0.379 e. The molecular formula is C12H15ClF3N3OS. The van der Waals surface area contributed by atoms with Crippen LogP contribution in [0.3, 0.4) is 0 Å². The largest absolute Gasteiger partial charge is 0.408 e. The highest BCUT2D eigenvalue weighted by Crippen LogP contribution is 2.31. The fourth-order valence-corrected chi connectivity index (χ4v) is 3.56. The molecule has 21 heavy (non-hydrogen) atoms. The SMILES string of the molecule is CSC1CCCC1Nc1cnn(CC(F)(F)F)c(=O)c1Cl. The number of rotatable bonds is 4. The lowest BCUT2D eigenvalue weighted by atomic mass is 10.2. The zero-order valence-corrected chi connectivity index (χ0v) is 12.9. The third kappa shape index (κ3) is 4.06. The molecule has 1 aliphatic rings. The number of anilines is 1. The molecule has 0 radical (unpaired) electrons. The van der Waals surface area contributed by atoms with Gasteiger partial charge in [-0.05, 0) is 19.1 Å². The number of nitrogens with one attached hydrogen (secondary N) is 1. The van der Waals surface area contributed by atoms with E-state index in [1.165, 1.54) is 6.20 Å². The minimum absolute atomic E-state index is 0.150. The zero-order valence-electron chi connectivity index (χ0n) is 11.3. The van der Waals surface area contributed by atoms with Crippen LogP contribution < -0.4 is 10.9 Å². The molecule has 1 heterocycles. The molecule has 1 N–H and O–H groups in total. The van der Waals surface area contributed by atoms with E-state index in [1.807, 2.05) is 6.26 Å². The minimum atomic E-state index is -4.51. The Hall–Kier alpha value is -0.890. The van der Waals surface area contributed by atoms with E-state index in [9.17, 15) is 18.0 Å². The first-order valence-corrected chi connectivity index (χ1v) is 8.10. The lowest BCUT2D eigenvalue weighted by Crippen LogP contribution is -2.32. The Morgan fingerprint density at radius 3 is 2.86 bits per heavy atom. The summed E-state index contributed by atoms with van der Waals surface area (Å²) in [5.41, 5.74) is -0.635. The molecule has 0 aromatic carbocycles. The van der Waals surface area contributed by atoms with E-state index >= 15 is 0 Å². The van der Waals surface area contributed by atoms with Crippen molar-refractivity contribution in [2.45, 2.75) is 43.3 Å². The summed E-state index contributed by atoms with van der Waals surface area (Å²) in [5.74, 6) is 0. The number of alkyl halides is 3. The predicted octanol–water partition coefficient (Wildman–Crippen LogP) is 3.16. The Labute approximate surface area is 129 Å². The normalized spacial score (nSPS) is 22.5. The maximum absolute atomic E-state index is 12.3. The van der Waals surface area contributed by atoms with Crippen molar-refractivity contribution >= 4 is 29.1 Å². The van der Waals surface area contributed by atoms with Crippen LogP contribution in [-0.4, -0.2) is 33.5 Å². The van der Waals surface area contributed by atoms with Crippen LogP contribution in [0.15, 0.2) is 11.0 Å². The highest BCUT2D eigenvalue weighted by atomic mass is 35.5. The van der Waals surface area contributed by atoms with E-state index in [0.29, 0.717) is 15.6 Å². The van der Waals surface area contributed by atoms with Crippen molar-refractivity contribution in [3.8, 4) is 0 Å². The Balaban J connectivity index is 2.19. The van der Waals surface area contributed by atoms with Gasteiger partial charge in [0.15, 0.2) is 0 Å². The zero-order chi connectivity index (χ0) is 15.6. The highest BCUT2D eigenvalue weighted by molar-refractivity contribution is 7.99. The number of hydrogen-bond acceptors (Lipinski definition) is 4. The van der Waals surface area contributed by atoms with Gasteiger partial charge < -0.3 is 5.32 Å². The Kier molecular flexibility index (Phi) is 5.08. The standard InChI is InChI=1S/C12H15ClF3N3OS/c1-21-9-4-2-3-7(9)18-8-5-17-19(6-12(14,15)16)11(20)10(8)13/h5,7,9,18H,2-4,6H2,1H3. The van der Waals surface area contributed by atoms with Gasteiger partial charge in [0, 0.05) is 11.3 Å². The van der Waals surface area contributed by atoms with Crippen LogP contribution in [0, 0.1) is 0 Å². The van der Waals surface area contributed by atoms with Crippen molar-refractivity contribution in [2.24, 2.45) is 0 Å². The third-order valence-corrected chi connectivity index (χ3v) is 4.95. The fourth-order valence-electron chi connectivity index (χ4n) is 2.42. The van der Waals surface area contributed by atoms with Gasteiger partial charge >= 0.3 is 6.18 Å². The van der Waals surface area contributed by atoms with E-state index < -0.39 is 18.3 Å². The third-order valence-electron chi connectivity index (χ3n) is 3.41. The monoisotopic (exact) mass is 341 g/mol. The van der Waals surface area contributed by atoms with Gasteiger partial charge in [-0.2, -0.15) is 30.0 Å². The maximum Gasteiger partial charge on any atom is 0.408 e. The average molecular weight is 342 g/mol. The van der Waals surface area contributed by atoms with Crippen LogP contribution in [0.4, 0.5) is 18.9 Å². The van der Waals surface area contributed by atoms with Crippen molar-refractivity contribution < 1.29 is 13.2 Å². The highest BCUT2D eigenvalue weighted by Gasteiger charge is 2.31. The lowest BCUT2D eigenvalue weighted by molar-refractivity contribution is -0.143. The van der Waals surface area contributed by atoms with Crippen LogP contribution in [0.25, 0.3) is 0 Å². The molecule has 2 rings (SSSR count). The molecule has 1 aromatic rings. The molecule has 1 fully saturated rings. The van der Waals surface area contributed by atoms with Crippen molar-refractivity contribution in [1.82, 2.24) is 9.78 Å². The molecule has 1 aromatic heterocycles. The lowest BCUT2D eigenvalue weighted by Gasteiger charge is -2.21. The molecule has 0 saturated heterocycles. The molecule has 4 nitrogen and oxygen atoms in total. The van der Waals surface area contributed by atoms with Crippen molar-refractivity contribution in [3.63, 3.8) is 0 Å². The maximum atomic E-state index is 12.3. The summed E-state index contributed by atoms with van der Waals surface area (Å²) in [4.78, 5) is 11.8. The van der Waals surface area contributed by atoms with Crippen LogP contribution >= 0.6 is 23.4 Å². The fraction of sp³-hybridized carbons (Fsp3) is 0.667. The molecule has 9 heteroatoms. The van der Waals surface area contributed by atoms with Gasteiger partial charge in [0.1, 0.15) is 11.6 Å². The Morgan fingerprint density at radius 2 is 2.24 bits per heavy atom. The second-order valence-electron chi connectivity index (χ2n) is 4.91. The van der Waals surface area contributed by atoms with Crippen LogP contribution in [-0.2, 0) is 6.54 Å². The molecule has 2 unspecified atom stereocenters. The van der Waals surface area contributed by atoms with Gasteiger partial charge in [0.2, 0.25) is 0 Å². The van der Waals surface area contributed by atoms with Gasteiger partial charge in [-0.3, -0.25) is 4.79 Å². The second-order valence-corrected chi connectivity index (χ2v) is 6.36. The van der Waals surface area contributed by atoms with E-state index in [4.69, 9.17) is 11.6 Å². The van der Waals surface area contributed by atoms with E-state index in [0.717, 1.165) is 19.3 Å². The Morgan fingerprint density at radius 1 is 1.52 bits per heavy atom. The first-order chi connectivity index (χ1) is 9.81. The van der Waals surface area contributed by atoms with Crippen molar-refractivity contribution in [2.75, 3.05) is 11.6 Å². The molecule has 0 spiro atoms. The molecule has 0 amide bonds.